The van der Waals surface area contributed by atoms with E-state index in [0.29, 0.717) is 11.7 Å². The molecule has 0 aromatic rings. The van der Waals surface area contributed by atoms with Gasteiger partial charge in [-0.3, -0.25) is 4.79 Å². The molecule has 8 atom stereocenters. The van der Waals surface area contributed by atoms with Gasteiger partial charge in [-0.2, -0.15) is 0 Å². The average molecular weight is 415 g/mol. The van der Waals surface area contributed by atoms with Crippen molar-refractivity contribution in [2.75, 3.05) is 0 Å². The summed E-state index contributed by atoms with van der Waals surface area (Å²) in [6, 6.07) is 0. The molecule has 0 amide bonds. The van der Waals surface area contributed by atoms with Crippen LogP contribution in [0.2, 0.25) is 0 Å². The predicted octanol–water partition coefficient (Wildman–Crippen LogP) is 4.09. The first-order valence-electron chi connectivity index (χ1n) is 10.8. The van der Waals surface area contributed by atoms with Crippen LogP contribution in [0.5, 0.6) is 0 Å². The maximum absolute atomic E-state index is 12.8. The molecule has 0 aromatic heterocycles. The van der Waals surface area contributed by atoms with E-state index < -0.39 is 17.7 Å². The Morgan fingerprint density at radius 2 is 2.03 bits per heavy atom. The normalized spacial score (nSPS) is 41.6. The van der Waals surface area contributed by atoms with Crippen molar-refractivity contribution in [2.45, 2.75) is 65.8 Å². The Labute approximate surface area is 179 Å². The van der Waals surface area contributed by atoms with E-state index in [1.807, 2.05) is 33.8 Å². The molecular formula is C25H34O5. The SMILES string of the molecule is CC1=C[C@@H]2C[C@@H](C)C(=O)[C@@H](C)[C@@H]2[C@@H](/C=C(\C)[C@H]2O[C@]2(C)/C=C/C(=O)O)/C1=C\C(C)O. The van der Waals surface area contributed by atoms with Crippen LogP contribution in [0, 0.1) is 29.6 Å². The number of carboxylic acids is 1. The van der Waals surface area contributed by atoms with Crippen LogP contribution in [-0.2, 0) is 14.3 Å². The number of ketones is 1. The minimum atomic E-state index is -0.992. The molecule has 2 N–H and O–H groups in total. The van der Waals surface area contributed by atoms with E-state index in [1.165, 1.54) is 0 Å². The molecule has 0 spiro atoms. The van der Waals surface area contributed by atoms with Crippen molar-refractivity contribution in [3.8, 4) is 0 Å². The summed E-state index contributed by atoms with van der Waals surface area (Å²) >= 11 is 0. The summed E-state index contributed by atoms with van der Waals surface area (Å²) in [6.07, 6.45) is 9.17. The van der Waals surface area contributed by atoms with E-state index in [9.17, 15) is 14.7 Å². The number of epoxide rings is 1. The molecule has 3 aliphatic rings. The number of ether oxygens (including phenoxy) is 1. The van der Waals surface area contributed by atoms with E-state index in [2.05, 4.69) is 19.1 Å². The smallest absolute Gasteiger partial charge is 0.328 e. The summed E-state index contributed by atoms with van der Waals surface area (Å²) in [5.74, 6) is -0.189. The standard InChI is InChI=1S/C25H34O5/c1-13-9-18-10-14(2)23(29)17(5)22(18)20(19(13)12-16(4)26)11-15(3)24-25(6,30-24)8-7-21(27)28/h7-9,11-12,14,16-18,20,22,24,26H,10H2,1-6H3,(H,27,28)/b8-7+,15-11+,19-12-/t14-,16?,17+,18-,20+,22+,24-,25-/m1/s1. The minimum Gasteiger partial charge on any atom is -0.478 e. The number of aliphatic hydroxyl groups is 1. The van der Waals surface area contributed by atoms with Crippen LogP contribution in [0.1, 0.15) is 48.0 Å². The topological polar surface area (TPSA) is 87.1 Å². The van der Waals surface area contributed by atoms with E-state index in [-0.39, 0.29) is 29.8 Å². The van der Waals surface area contributed by atoms with Crippen LogP contribution in [0.15, 0.2) is 47.1 Å². The number of hydrogen-bond donors (Lipinski definition) is 2. The van der Waals surface area contributed by atoms with Crippen molar-refractivity contribution in [2.24, 2.45) is 29.6 Å². The zero-order valence-corrected chi connectivity index (χ0v) is 18.8. The number of carbonyl (C=O) groups is 2. The molecule has 5 heteroatoms. The summed E-state index contributed by atoms with van der Waals surface area (Å²) in [7, 11) is 0. The second kappa shape index (κ2) is 8.27. The van der Waals surface area contributed by atoms with Gasteiger partial charge < -0.3 is 14.9 Å². The third-order valence-corrected chi connectivity index (χ3v) is 6.99. The molecule has 0 radical (unpaired) electrons. The lowest BCUT2D eigenvalue weighted by molar-refractivity contribution is -0.132. The fraction of sp³-hybridized carbons (Fsp3) is 0.600. The minimum absolute atomic E-state index is 0.0120. The van der Waals surface area contributed by atoms with Crippen molar-refractivity contribution < 1.29 is 24.5 Å². The van der Waals surface area contributed by atoms with Gasteiger partial charge in [-0.15, -0.1) is 0 Å². The molecule has 2 fully saturated rings. The monoisotopic (exact) mass is 414 g/mol. The summed E-state index contributed by atoms with van der Waals surface area (Å²) in [6.45, 7) is 11.8. The number of hydrogen-bond acceptors (Lipinski definition) is 4. The highest BCUT2D eigenvalue weighted by Gasteiger charge is 2.52. The van der Waals surface area contributed by atoms with Crippen molar-refractivity contribution in [3.05, 3.63) is 47.1 Å². The van der Waals surface area contributed by atoms with E-state index >= 15 is 0 Å². The Morgan fingerprint density at radius 1 is 1.37 bits per heavy atom. The highest BCUT2D eigenvalue weighted by molar-refractivity contribution is 5.84. The van der Waals surface area contributed by atoms with E-state index in [4.69, 9.17) is 9.84 Å². The van der Waals surface area contributed by atoms with Crippen LogP contribution in [0.4, 0.5) is 0 Å². The molecule has 2 aliphatic carbocycles. The number of carboxylic acid groups (broad SMARTS) is 1. The molecule has 5 nitrogen and oxygen atoms in total. The number of aliphatic hydroxyl groups excluding tert-OH is 1. The number of aliphatic carboxylic acids is 1. The van der Waals surface area contributed by atoms with E-state index in [0.717, 1.165) is 29.2 Å². The molecule has 0 aromatic carbocycles. The van der Waals surface area contributed by atoms with Crippen molar-refractivity contribution in [1.82, 2.24) is 0 Å². The maximum atomic E-state index is 12.8. The number of allylic oxidation sites excluding steroid dienone is 4. The highest BCUT2D eigenvalue weighted by atomic mass is 16.6. The molecule has 0 bridgehead atoms. The molecule has 1 saturated heterocycles. The van der Waals surface area contributed by atoms with E-state index in [1.54, 1.807) is 13.0 Å². The molecule has 1 aliphatic heterocycles. The lowest BCUT2D eigenvalue weighted by atomic mass is 9.58. The van der Waals surface area contributed by atoms with Gasteiger partial charge in [-0.1, -0.05) is 37.6 Å². The predicted molar refractivity (Wildman–Crippen MR) is 116 cm³/mol. The summed E-state index contributed by atoms with van der Waals surface area (Å²) < 4.78 is 5.83. The van der Waals surface area contributed by atoms with Crippen LogP contribution in [0.25, 0.3) is 0 Å². The van der Waals surface area contributed by atoms with Crippen molar-refractivity contribution in [1.29, 1.82) is 0 Å². The first-order chi connectivity index (χ1) is 13.9. The lowest BCUT2D eigenvalue weighted by Gasteiger charge is -2.45. The summed E-state index contributed by atoms with van der Waals surface area (Å²) in [5, 5.41) is 19.0. The van der Waals surface area contributed by atoms with Crippen LogP contribution in [0.3, 0.4) is 0 Å². The second-order valence-corrected chi connectivity index (χ2v) is 9.57. The quantitative estimate of drug-likeness (QED) is 0.402. The number of Topliss-reactive ketones (excluding diaryl/α,β-unsaturated/α-hetero) is 1. The van der Waals surface area contributed by atoms with Gasteiger partial charge in [0.1, 0.15) is 17.5 Å². The molecule has 1 heterocycles. The van der Waals surface area contributed by atoms with Gasteiger partial charge >= 0.3 is 5.97 Å². The third-order valence-electron chi connectivity index (χ3n) is 6.99. The van der Waals surface area contributed by atoms with Gasteiger partial charge in [0.2, 0.25) is 0 Å². The van der Waals surface area contributed by atoms with Gasteiger partial charge in [0.15, 0.2) is 0 Å². The van der Waals surface area contributed by atoms with Gasteiger partial charge in [-0.25, -0.2) is 4.79 Å². The maximum Gasteiger partial charge on any atom is 0.328 e. The van der Waals surface area contributed by atoms with Crippen molar-refractivity contribution >= 4 is 11.8 Å². The third kappa shape index (κ3) is 4.37. The van der Waals surface area contributed by atoms with Gasteiger partial charge in [0, 0.05) is 23.8 Å². The largest absolute Gasteiger partial charge is 0.478 e. The summed E-state index contributed by atoms with van der Waals surface area (Å²) in [5.41, 5.74) is 2.64. The van der Waals surface area contributed by atoms with Gasteiger partial charge in [0.25, 0.3) is 0 Å². The number of rotatable bonds is 5. The van der Waals surface area contributed by atoms with Crippen LogP contribution < -0.4 is 0 Å². The fourth-order valence-corrected chi connectivity index (χ4v) is 5.54. The lowest BCUT2D eigenvalue weighted by Crippen LogP contribution is -2.43. The first kappa shape index (κ1) is 22.7. The summed E-state index contributed by atoms with van der Waals surface area (Å²) in [4.78, 5) is 23.7. The number of fused-ring (bicyclic) bond motifs is 1. The average Bonchev–Trinajstić information content (AvgIpc) is 3.33. The Kier molecular flexibility index (Phi) is 6.26. The fourth-order valence-electron chi connectivity index (χ4n) is 5.54. The molecule has 1 unspecified atom stereocenters. The molecule has 3 rings (SSSR count). The second-order valence-electron chi connectivity index (χ2n) is 9.57. The Bertz CT molecular complexity index is 846. The zero-order valence-electron chi connectivity index (χ0n) is 18.8. The Morgan fingerprint density at radius 3 is 2.63 bits per heavy atom. The zero-order chi connectivity index (χ0) is 22.4. The van der Waals surface area contributed by atoms with Crippen LogP contribution in [-0.4, -0.2) is 39.8 Å². The van der Waals surface area contributed by atoms with Gasteiger partial charge in [-0.05, 0) is 63.2 Å². The van der Waals surface area contributed by atoms with Gasteiger partial charge in [0.05, 0.1) is 6.10 Å². The molecule has 1 saturated carbocycles. The molecule has 30 heavy (non-hydrogen) atoms. The molecule has 164 valence electrons. The molecular weight excluding hydrogens is 380 g/mol. The number of carbonyl (C=O) groups excluding carboxylic acids is 1. The Balaban J connectivity index is 1.98. The first-order valence-corrected chi connectivity index (χ1v) is 10.8. The van der Waals surface area contributed by atoms with Crippen LogP contribution >= 0.6 is 0 Å². The van der Waals surface area contributed by atoms with Crippen molar-refractivity contribution in [3.63, 3.8) is 0 Å². The highest BCUT2D eigenvalue weighted by Crippen LogP contribution is 2.50. The Hall–Kier alpha value is -1.98.